The quantitative estimate of drug-likeness (QED) is 0.0953. The molecule has 2 nitrogen and oxygen atoms in total. The smallest absolute Gasteiger partial charge is 0.0693 e. The van der Waals surface area contributed by atoms with Gasteiger partial charge in [-0.3, -0.25) is 0 Å². The van der Waals surface area contributed by atoms with Crippen LogP contribution in [0.3, 0.4) is 0 Å². The fourth-order valence-electron chi connectivity index (χ4n) is 9.35. The molecule has 2 atom stereocenters. The highest BCUT2D eigenvalue weighted by Crippen LogP contribution is 2.57. The van der Waals surface area contributed by atoms with Gasteiger partial charge in [0.2, 0.25) is 0 Å². The highest BCUT2D eigenvalue weighted by Gasteiger charge is 2.46. The zero-order valence-electron chi connectivity index (χ0n) is 36.9. The van der Waals surface area contributed by atoms with Crippen molar-refractivity contribution < 1.29 is 0 Å². The van der Waals surface area contributed by atoms with Crippen molar-refractivity contribution in [2.75, 3.05) is 12.8 Å². The van der Waals surface area contributed by atoms with Gasteiger partial charge in [-0.25, -0.2) is 0 Å². The molecule has 0 heterocycles. The molecule has 2 aliphatic carbocycles. The number of benzene rings is 6. The van der Waals surface area contributed by atoms with E-state index in [-0.39, 0.29) is 5.92 Å². The van der Waals surface area contributed by atoms with E-state index in [2.05, 4.69) is 195 Å². The molecule has 2 heteroatoms. The minimum atomic E-state index is -0.820. The van der Waals surface area contributed by atoms with E-state index in [9.17, 15) is 0 Å². The predicted octanol–water partition coefficient (Wildman–Crippen LogP) is 15.0. The normalized spacial score (nSPS) is 16.5. The van der Waals surface area contributed by atoms with Gasteiger partial charge >= 0.3 is 0 Å². The first-order valence-electron chi connectivity index (χ1n) is 22.1. The van der Waals surface area contributed by atoms with E-state index in [0.29, 0.717) is 0 Å². The summed E-state index contributed by atoms with van der Waals surface area (Å²) in [7, 11) is 1.50. The number of rotatable bonds is 12. The highest BCUT2D eigenvalue weighted by atomic mass is 14.6. The van der Waals surface area contributed by atoms with Crippen LogP contribution in [0, 0.1) is 0 Å². The van der Waals surface area contributed by atoms with E-state index in [1.54, 1.807) is 6.08 Å². The average Bonchev–Trinajstić information content (AvgIpc) is 3.38. The van der Waals surface area contributed by atoms with Crippen molar-refractivity contribution in [2.45, 2.75) is 30.6 Å². The first kappa shape index (κ1) is 44.5. The van der Waals surface area contributed by atoms with Gasteiger partial charge in [-0.05, 0) is 116 Å². The number of fused-ring (bicyclic) bond motifs is 4. The number of nitrogens with two attached hydrogens (primary N) is 2. The largest absolute Gasteiger partial charge is 0.398 e. The number of anilines is 1. The number of nitrogen functional groups attached to an aromatic ring is 1. The average molecular weight is 831 g/mol. The molecule has 0 bridgehead atoms. The summed E-state index contributed by atoms with van der Waals surface area (Å²) in [6, 6.07) is 53.0. The van der Waals surface area contributed by atoms with Crippen molar-refractivity contribution >= 4 is 11.3 Å². The topological polar surface area (TPSA) is 52.0 Å². The first-order chi connectivity index (χ1) is 31.5. The van der Waals surface area contributed by atoms with Crippen LogP contribution in [0.25, 0.3) is 27.8 Å². The summed E-state index contributed by atoms with van der Waals surface area (Å²) in [5.74, 6) is 0.0917. The molecule has 0 aliphatic heterocycles. The molecule has 6 aromatic rings. The lowest BCUT2D eigenvalue weighted by Gasteiger charge is -2.43. The zero-order chi connectivity index (χ0) is 44.7. The molecule has 0 saturated carbocycles. The molecule has 6 aromatic carbocycles. The number of para-hydroxylation sites is 1. The van der Waals surface area contributed by atoms with Crippen LogP contribution in [0.15, 0.2) is 262 Å². The Morgan fingerprint density at radius 1 is 0.562 bits per heavy atom. The van der Waals surface area contributed by atoms with Gasteiger partial charge in [0.05, 0.1) is 5.41 Å². The van der Waals surface area contributed by atoms with Crippen molar-refractivity contribution in [3.05, 3.63) is 300 Å². The summed E-state index contributed by atoms with van der Waals surface area (Å²) < 4.78 is 0. The third kappa shape index (κ3) is 9.29. The van der Waals surface area contributed by atoms with E-state index in [1.807, 2.05) is 48.6 Å². The second-order valence-electron chi connectivity index (χ2n) is 15.8. The Morgan fingerprint density at radius 2 is 1.17 bits per heavy atom. The molecule has 64 heavy (non-hydrogen) atoms. The maximum absolute atomic E-state index is 7.25. The molecule has 0 spiro atoms. The van der Waals surface area contributed by atoms with Crippen LogP contribution in [-0.2, 0) is 11.8 Å². The fraction of sp³-hybridized carbons (Fsp3) is 0.0968. The number of allylic oxidation sites excluding steroid dienone is 17. The number of hydrogen-bond acceptors (Lipinski definition) is 2. The first-order valence-corrected chi connectivity index (χ1v) is 22.1. The van der Waals surface area contributed by atoms with E-state index in [1.165, 1.54) is 51.6 Å². The third-order valence-corrected chi connectivity index (χ3v) is 12.2. The minimum Gasteiger partial charge on any atom is -0.398 e. The molecule has 316 valence electrons. The van der Waals surface area contributed by atoms with Crippen LogP contribution in [0.4, 0.5) is 5.69 Å². The van der Waals surface area contributed by atoms with E-state index < -0.39 is 5.41 Å². The summed E-state index contributed by atoms with van der Waals surface area (Å²) in [6.07, 6.45) is 31.4. The van der Waals surface area contributed by atoms with Crippen molar-refractivity contribution in [2.24, 2.45) is 5.73 Å². The standard InChI is InChI=1S/C61H53N.CH5N/c1-4-6-8-10-11-16-31-54(47-25-14-12-15-26-47)48-39-37-46(38-40-48)50-41-42-52-43-51-29-17-19-32-55(51)56-33-21-20-30-53(56)45(3)61(59(52)44-50,58-35-23-24-36-60(58)62)57-34-22-18-28-49(57)27-13-9-7-5-2;1-2/h4-21,23-33,35-42,44,54H,1-3,22,34,43,62H2;2H2,1H3/b8-6-,9-7-,11-10-,27-13-,31-16+;. The van der Waals surface area contributed by atoms with Crippen LogP contribution in [0.1, 0.15) is 57.7 Å². The lowest BCUT2D eigenvalue weighted by molar-refractivity contribution is 0.707. The van der Waals surface area contributed by atoms with Gasteiger partial charge in [0, 0.05) is 11.6 Å². The molecule has 4 N–H and O–H groups in total. The maximum Gasteiger partial charge on any atom is 0.0693 e. The Morgan fingerprint density at radius 3 is 1.92 bits per heavy atom. The van der Waals surface area contributed by atoms with Gasteiger partial charge in [-0.15, -0.1) is 0 Å². The van der Waals surface area contributed by atoms with Gasteiger partial charge in [-0.2, -0.15) is 0 Å². The van der Waals surface area contributed by atoms with Crippen LogP contribution in [0.5, 0.6) is 0 Å². The molecule has 0 aromatic heterocycles. The summed E-state index contributed by atoms with van der Waals surface area (Å²) in [5.41, 5.74) is 28.2. The molecule has 2 aliphatic rings. The predicted molar refractivity (Wildman–Crippen MR) is 277 cm³/mol. The summed E-state index contributed by atoms with van der Waals surface area (Å²) in [6.45, 7) is 12.9. The summed E-state index contributed by atoms with van der Waals surface area (Å²) in [5, 5.41) is 0. The summed E-state index contributed by atoms with van der Waals surface area (Å²) in [4.78, 5) is 0. The molecule has 0 amide bonds. The number of hydrogen-bond donors (Lipinski definition) is 2. The van der Waals surface area contributed by atoms with Gasteiger partial charge < -0.3 is 11.5 Å². The van der Waals surface area contributed by atoms with Crippen LogP contribution >= 0.6 is 0 Å². The molecular formula is C62H58N2. The third-order valence-electron chi connectivity index (χ3n) is 12.2. The van der Waals surface area contributed by atoms with Crippen LogP contribution in [0.2, 0.25) is 0 Å². The monoisotopic (exact) mass is 830 g/mol. The Balaban J connectivity index is 0.00000302. The van der Waals surface area contributed by atoms with Crippen molar-refractivity contribution in [1.29, 1.82) is 0 Å². The van der Waals surface area contributed by atoms with Crippen molar-refractivity contribution in [1.82, 2.24) is 0 Å². The molecular weight excluding hydrogens is 773 g/mol. The van der Waals surface area contributed by atoms with E-state index in [4.69, 9.17) is 12.3 Å². The second kappa shape index (κ2) is 21.5. The fourth-order valence-corrected chi connectivity index (χ4v) is 9.35. The molecule has 0 fully saturated rings. The van der Waals surface area contributed by atoms with Crippen LogP contribution in [-0.4, -0.2) is 7.05 Å². The van der Waals surface area contributed by atoms with Gasteiger partial charge in [0.1, 0.15) is 0 Å². The van der Waals surface area contributed by atoms with Gasteiger partial charge in [0.25, 0.3) is 0 Å². The van der Waals surface area contributed by atoms with Gasteiger partial charge in [0.15, 0.2) is 0 Å². The zero-order valence-corrected chi connectivity index (χ0v) is 36.9. The lowest BCUT2D eigenvalue weighted by Crippen LogP contribution is -2.35. The molecule has 0 radical (unpaired) electrons. The van der Waals surface area contributed by atoms with E-state index in [0.717, 1.165) is 58.3 Å². The summed E-state index contributed by atoms with van der Waals surface area (Å²) >= 11 is 0. The second-order valence-corrected chi connectivity index (χ2v) is 15.8. The Hall–Kier alpha value is -7.52. The van der Waals surface area contributed by atoms with Crippen molar-refractivity contribution in [3.63, 3.8) is 0 Å². The Bertz CT molecular complexity index is 2820. The Labute approximate surface area is 381 Å². The maximum atomic E-state index is 7.25. The molecule has 2 unspecified atom stereocenters. The lowest BCUT2D eigenvalue weighted by atomic mass is 9.58. The minimum absolute atomic E-state index is 0.0917. The van der Waals surface area contributed by atoms with Crippen molar-refractivity contribution in [3.8, 4) is 22.3 Å². The Kier molecular flexibility index (Phi) is 15.0. The highest BCUT2D eigenvalue weighted by molar-refractivity contribution is 5.93. The van der Waals surface area contributed by atoms with E-state index >= 15 is 0 Å². The molecule has 0 saturated heterocycles. The van der Waals surface area contributed by atoms with Gasteiger partial charge in [-0.1, -0.05) is 238 Å². The van der Waals surface area contributed by atoms with Crippen LogP contribution < -0.4 is 11.5 Å². The molecule has 8 rings (SSSR count). The SMILES string of the molecule is C=C\C=C/C=C\C=C\C(c1ccccc1)c1ccc(-c2ccc3c(c2)C(C2=C(/C=C\C=C/C=C)C=CCC2)(c2ccccc2N)C(=C)c2ccccc2-c2ccccc2C3)cc1.CN.